The minimum absolute atomic E-state index is 0.0476. The lowest BCUT2D eigenvalue weighted by atomic mass is 9.74. The van der Waals surface area contributed by atoms with Crippen LogP contribution in [0, 0.1) is 0 Å². The van der Waals surface area contributed by atoms with Crippen molar-refractivity contribution in [2.75, 3.05) is 26.8 Å². The molecule has 0 aliphatic carbocycles. The normalized spacial score (nSPS) is 25.4. The molecule has 4 heterocycles. The molecule has 0 radical (unpaired) electrons. The Labute approximate surface area is 162 Å². The molecule has 8 heteroatoms. The van der Waals surface area contributed by atoms with Crippen molar-refractivity contribution in [2.45, 2.75) is 43.7 Å². The van der Waals surface area contributed by atoms with Gasteiger partial charge in [-0.2, -0.15) is 0 Å². The van der Waals surface area contributed by atoms with Gasteiger partial charge in [0, 0.05) is 23.0 Å². The molecule has 1 aromatic carbocycles. The third kappa shape index (κ3) is 2.37. The molecule has 0 saturated carbocycles. The number of hydrogen-bond donors (Lipinski definition) is 2. The highest BCUT2D eigenvalue weighted by atomic mass is 16.5. The molecular weight excluding hydrogens is 362 g/mol. The first-order valence-corrected chi connectivity index (χ1v) is 9.76. The van der Waals surface area contributed by atoms with Gasteiger partial charge in [0.1, 0.15) is 17.5 Å². The SMILES string of the molecule is COc1cc2c(c3c1C(=O)N(C1CCC(=O)NC1=O)C3)OCC21CCNCC1. The Morgan fingerprint density at radius 3 is 2.75 bits per heavy atom. The summed E-state index contributed by atoms with van der Waals surface area (Å²) in [7, 11) is 1.56. The van der Waals surface area contributed by atoms with Gasteiger partial charge in [-0.3, -0.25) is 19.7 Å². The molecule has 4 aliphatic rings. The largest absolute Gasteiger partial charge is 0.496 e. The number of carbonyl (C=O) groups excluding carboxylic acids is 3. The van der Waals surface area contributed by atoms with E-state index in [2.05, 4.69) is 10.6 Å². The van der Waals surface area contributed by atoms with Crippen molar-refractivity contribution >= 4 is 17.7 Å². The standard InChI is InChI=1S/C20H23N3O5/c1-27-14-8-12-17(28-10-20(12)4-6-21-7-5-20)11-9-23(19(26)16(11)14)13-2-3-15(24)22-18(13)25/h8,13,21H,2-7,9-10H2,1H3,(H,22,24,25). The van der Waals surface area contributed by atoms with Crippen molar-refractivity contribution in [1.82, 2.24) is 15.5 Å². The predicted molar refractivity (Wildman–Crippen MR) is 98.3 cm³/mol. The van der Waals surface area contributed by atoms with Crippen LogP contribution in [0.4, 0.5) is 0 Å². The van der Waals surface area contributed by atoms with E-state index in [1.807, 2.05) is 6.07 Å². The van der Waals surface area contributed by atoms with E-state index >= 15 is 0 Å². The van der Waals surface area contributed by atoms with E-state index in [1.54, 1.807) is 12.0 Å². The van der Waals surface area contributed by atoms with Gasteiger partial charge in [-0.1, -0.05) is 0 Å². The number of amides is 3. The molecule has 8 nitrogen and oxygen atoms in total. The van der Waals surface area contributed by atoms with E-state index in [1.165, 1.54) is 0 Å². The number of benzene rings is 1. The third-order valence-electron chi connectivity index (χ3n) is 6.58. The molecule has 1 atom stereocenters. The summed E-state index contributed by atoms with van der Waals surface area (Å²) in [5, 5.41) is 5.73. The first-order valence-electron chi connectivity index (χ1n) is 9.76. The van der Waals surface area contributed by atoms with Gasteiger partial charge in [0.05, 0.1) is 25.8 Å². The van der Waals surface area contributed by atoms with Crippen molar-refractivity contribution in [3.05, 3.63) is 22.8 Å². The Hall–Kier alpha value is -2.61. The van der Waals surface area contributed by atoms with Crippen molar-refractivity contribution in [3.63, 3.8) is 0 Å². The number of ether oxygens (including phenoxy) is 2. The maximum absolute atomic E-state index is 13.2. The fourth-order valence-electron chi connectivity index (χ4n) is 5.02. The zero-order valence-corrected chi connectivity index (χ0v) is 15.8. The van der Waals surface area contributed by atoms with Crippen LogP contribution < -0.4 is 20.1 Å². The summed E-state index contributed by atoms with van der Waals surface area (Å²) in [4.78, 5) is 38.5. The van der Waals surface area contributed by atoms with Gasteiger partial charge in [0.2, 0.25) is 11.8 Å². The highest BCUT2D eigenvalue weighted by Gasteiger charge is 2.48. The molecule has 1 aromatic rings. The Morgan fingerprint density at radius 2 is 2.04 bits per heavy atom. The maximum Gasteiger partial charge on any atom is 0.259 e. The highest BCUT2D eigenvalue weighted by Crippen LogP contribution is 2.51. The number of nitrogens with one attached hydrogen (secondary N) is 2. The van der Waals surface area contributed by atoms with Crippen LogP contribution in [0.15, 0.2) is 6.07 Å². The van der Waals surface area contributed by atoms with E-state index in [9.17, 15) is 14.4 Å². The number of carbonyl (C=O) groups is 3. The third-order valence-corrected chi connectivity index (χ3v) is 6.58. The number of methoxy groups -OCH3 is 1. The molecule has 2 fully saturated rings. The lowest BCUT2D eigenvalue weighted by molar-refractivity contribution is -0.136. The topological polar surface area (TPSA) is 97.0 Å². The molecule has 2 N–H and O–H groups in total. The summed E-state index contributed by atoms with van der Waals surface area (Å²) >= 11 is 0. The average molecular weight is 385 g/mol. The van der Waals surface area contributed by atoms with Gasteiger partial charge in [0.25, 0.3) is 5.91 Å². The lowest BCUT2D eigenvalue weighted by Gasteiger charge is -2.32. The predicted octanol–water partition coefficient (Wildman–Crippen LogP) is 0.470. The van der Waals surface area contributed by atoms with Crippen LogP contribution >= 0.6 is 0 Å². The minimum atomic E-state index is -0.646. The Bertz CT molecular complexity index is 890. The second-order valence-electron chi connectivity index (χ2n) is 8.03. The molecule has 0 bridgehead atoms. The molecule has 28 heavy (non-hydrogen) atoms. The van der Waals surface area contributed by atoms with E-state index in [-0.39, 0.29) is 23.7 Å². The second kappa shape index (κ2) is 6.20. The van der Waals surface area contributed by atoms with E-state index in [0.717, 1.165) is 42.8 Å². The van der Waals surface area contributed by atoms with Crippen LogP contribution in [0.3, 0.4) is 0 Å². The van der Waals surface area contributed by atoms with Crippen molar-refractivity contribution in [3.8, 4) is 11.5 Å². The smallest absolute Gasteiger partial charge is 0.259 e. The van der Waals surface area contributed by atoms with Crippen LogP contribution in [0.25, 0.3) is 0 Å². The first kappa shape index (κ1) is 17.5. The average Bonchev–Trinajstić information content (AvgIpc) is 3.21. The molecule has 4 aliphatic heterocycles. The summed E-state index contributed by atoms with van der Waals surface area (Å²) in [6.07, 6.45) is 2.53. The molecule has 2 saturated heterocycles. The first-order chi connectivity index (χ1) is 13.5. The number of imide groups is 1. The molecular formula is C20H23N3O5. The lowest BCUT2D eigenvalue weighted by Crippen LogP contribution is -2.52. The molecule has 148 valence electrons. The van der Waals surface area contributed by atoms with Crippen LogP contribution in [0.5, 0.6) is 11.5 Å². The van der Waals surface area contributed by atoms with E-state index in [0.29, 0.717) is 30.9 Å². The minimum Gasteiger partial charge on any atom is -0.496 e. The fourth-order valence-corrected chi connectivity index (χ4v) is 5.02. The number of fused-ring (bicyclic) bond motifs is 4. The summed E-state index contributed by atoms with van der Waals surface area (Å²) in [6, 6.07) is 1.31. The van der Waals surface area contributed by atoms with Crippen LogP contribution in [-0.4, -0.2) is 55.5 Å². The molecule has 0 aromatic heterocycles. The van der Waals surface area contributed by atoms with Gasteiger partial charge in [-0.05, 0) is 38.4 Å². The van der Waals surface area contributed by atoms with Crippen molar-refractivity contribution in [1.29, 1.82) is 0 Å². The van der Waals surface area contributed by atoms with Gasteiger partial charge in [-0.15, -0.1) is 0 Å². The van der Waals surface area contributed by atoms with E-state index in [4.69, 9.17) is 9.47 Å². The van der Waals surface area contributed by atoms with E-state index < -0.39 is 11.9 Å². The quantitative estimate of drug-likeness (QED) is 0.719. The number of piperidine rings is 2. The second-order valence-corrected chi connectivity index (χ2v) is 8.03. The van der Waals surface area contributed by atoms with Gasteiger partial charge in [0.15, 0.2) is 0 Å². The monoisotopic (exact) mass is 385 g/mol. The number of rotatable bonds is 2. The van der Waals surface area contributed by atoms with Gasteiger partial charge >= 0.3 is 0 Å². The van der Waals surface area contributed by atoms with Crippen molar-refractivity contribution in [2.24, 2.45) is 0 Å². The zero-order chi connectivity index (χ0) is 19.5. The summed E-state index contributed by atoms with van der Waals surface area (Å²) in [5.74, 6) is 0.376. The molecule has 1 unspecified atom stereocenters. The fraction of sp³-hybridized carbons (Fsp3) is 0.550. The summed E-state index contributed by atoms with van der Waals surface area (Å²) in [5.41, 5.74) is 2.35. The zero-order valence-electron chi connectivity index (χ0n) is 15.8. The van der Waals surface area contributed by atoms with Gasteiger partial charge < -0.3 is 19.7 Å². The highest BCUT2D eigenvalue weighted by molar-refractivity contribution is 6.07. The molecule has 5 rings (SSSR count). The van der Waals surface area contributed by atoms with Crippen LogP contribution in [0.1, 0.15) is 47.2 Å². The number of nitrogens with zero attached hydrogens (tertiary/aromatic N) is 1. The molecule has 3 amide bonds. The Morgan fingerprint density at radius 1 is 1.25 bits per heavy atom. The van der Waals surface area contributed by atoms with Crippen LogP contribution in [-0.2, 0) is 21.5 Å². The Balaban J connectivity index is 1.56. The van der Waals surface area contributed by atoms with Crippen molar-refractivity contribution < 1.29 is 23.9 Å². The van der Waals surface area contributed by atoms with Crippen LogP contribution in [0.2, 0.25) is 0 Å². The summed E-state index contributed by atoms with van der Waals surface area (Å²) < 4.78 is 11.7. The Kier molecular flexibility index (Phi) is 3.87. The number of hydrogen-bond acceptors (Lipinski definition) is 6. The summed E-state index contributed by atoms with van der Waals surface area (Å²) in [6.45, 7) is 2.78. The van der Waals surface area contributed by atoms with Gasteiger partial charge in [-0.25, -0.2) is 0 Å². The molecule has 1 spiro atoms. The maximum atomic E-state index is 13.2.